The van der Waals surface area contributed by atoms with Crippen molar-refractivity contribution < 1.29 is 4.74 Å². The summed E-state index contributed by atoms with van der Waals surface area (Å²) in [5.74, 6) is 0. The number of halogens is 1. The molecule has 16 heavy (non-hydrogen) atoms. The highest BCUT2D eigenvalue weighted by Gasteiger charge is 2.26. The van der Waals surface area contributed by atoms with E-state index >= 15 is 0 Å². The smallest absolute Gasteiger partial charge is 0.0646 e. The van der Waals surface area contributed by atoms with Crippen molar-refractivity contribution in [2.75, 3.05) is 19.8 Å². The van der Waals surface area contributed by atoms with Crippen LogP contribution in [0.3, 0.4) is 0 Å². The highest BCUT2D eigenvalue weighted by atomic mass is 35.5. The lowest BCUT2D eigenvalue weighted by atomic mass is 9.93. The van der Waals surface area contributed by atoms with Gasteiger partial charge in [0.2, 0.25) is 0 Å². The zero-order valence-corrected chi connectivity index (χ0v) is 10.4. The van der Waals surface area contributed by atoms with E-state index in [2.05, 4.69) is 18.3 Å². The normalized spacial score (nSPS) is 25.6. The Morgan fingerprint density at radius 1 is 1.50 bits per heavy atom. The van der Waals surface area contributed by atoms with Gasteiger partial charge in [0.15, 0.2) is 0 Å². The van der Waals surface area contributed by atoms with E-state index in [-0.39, 0.29) is 5.54 Å². The molecule has 0 aliphatic carbocycles. The number of hydrogen-bond donors (Lipinski definition) is 1. The van der Waals surface area contributed by atoms with Gasteiger partial charge in [-0.05, 0) is 37.5 Å². The van der Waals surface area contributed by atoms with Gasteiger partial charge in [0.1, 0.15) is 0 Å². The van der Waals surface area contributed by atoms with E-state index in [0.717, 1.165) is 37.6 Å². The molecule has 1 aliphatic heterocycles. The van der Waals surface area contributed by atoms with Crippen LogP contribution in [0.5, 0.6) is 0 Å². The number of benzene rings is 1. The molecule has 0 saturated carbocycles. The fraction of sp³-hybridized carbons (Fsp3) is 0.538. The Morgan fingerprint density at radius 3 is 3.06 bits per heavy atom. The number of ether oxygens (including phenoxy) is 1. The Hall–Kier alpha value is -0.570. The quantitative estimate of drug-likeness (QED) is 0.876. The summed E-state index contributed by atoms with van der Waals surface area (Å²) < 4.78 is 5.51. The maximum absolute atomic E-state index is 5.96. The third-order valence-electron chi connectivity index (χ3n) is 3.07. The largest absolute Gasteiger partial charge is 0.378 e. The molecule has 0 radical (unpaired) electrons. The molecule has 1 saturated heterocycles. The second kappa shape index (κ2) is 5.17. The van der Waals surface area contributed by atoms with Crippen LogP contribution in [-0.4, -0.2) is 25.3 Å². The monoisotopic (exact) mass is 239 g/mol. The van der Waals surface area contributed by atoms with Crippen LogP contribution in [0.4, 0.5) is 0 Å². The molecule has 0 amide bonds. The molecule has 1 aliphatic rings. The van der Waals surface area contributed by atoms with Gasteiger partial charge in [-0.1, -0.05) is 23.7 Å². The van der Waals surface area contributed by atoms with Gasteiger partial charge >= 0.3 is 0 Å². The van der Waals surface area contributed by atoms with E-state index in [9.17, 15) is 0 Å². The second-order valence-corrected chi connectivity index (χ2v) is 5.11. The van der Waals surface area contributed by atoms with E-state index in [4.69, 9.17) is 16.3 Å². The van der Waals surface area contributed by atoms with Crippen LogP contribution >= 0.6 is 11.6 Å². The Bertz CT molecular complexity index is 348. The number of rotatable bonds is 3. The molecule has 1 N–H and O–H groups in total. The summed E-state index contributed by atoms with van der Waals surface area (Å²) in [5.41, 5.74) is 1.40. The molecule has 1 aromatic carbocycles. The average Bonchev–Trinajstić information content (AvgIpc) is 2.28. The molecule has 1 unspecified atom stereocenters. The van der Waals surface area contributed by atoms with Crippen LogP contribution in [-0.2, 0) is 11.2 Å². The van der Waals surface area contributed by atoms with Gasteiger partial charge in [-0.3, -0.25) is 0 Å². The predicted molar refractivity (Wildman–Crippen MR) is 67.0 cm³/mol. The van der Waals surface area contributed by atoms with Gasteiger partial charge in [0.25, 0.3) is 0 Å². The van der Waals surface area contributed by atoms with Crippen molar-refractivity contribution in [2.45, 2.75) is 25.3 Å². The standard InChI is InChI=1S/C13H18ClNO/c1-13(10-16-8-7-15-13)6-5-11-3-2-4-12(14)9-11/h2-4,9,15H,5-8,10H2,1H3. The van der Waals surface area contributed by atoms with Gasteiger partial charge in [0, 0.05) is 17.1 Å². The fourth-order valence-corrected chi connectivity index (χ4v) is 2.26. The number of nitrogens with one attached hydrogen (secondary N) is 1. The predicted octanol–water partition coefficient (Wildman–Crippen LogP) is 2.65. The first-order valence-corrected chi connectivity index (χ1v) is 6.13. The topological polar surface area (TPSA) is 21.3 Å². The number of morpholine rings is 1. The van der Waals surface area contributed by atoms with Gasteiger partial charge < -0.3 is 10.1 Å². The molecule has 0 spiro atoms. The highest BCUT2D eigenvalue weighted by Crippen LogP contribution is 2.18. The Kier molecular flexibility index (Phi) is 3.85. The summed E-state index contributed by atoms with van der Waals surface area (Å²) in [6.45, 7) is 4.79. The lowest BCUT2D eigenvalue weighted by molar-refractivity contribution is 0.0318. The molecular weight excluding hydrogens is 222 g/mol. The van der Waals surface area contributed by atoms with Gasteiger partial charge in [0.05, 0.1) is 13.2 Å². The van der Waals surface area contributed by atoms with Crippen molar-refractivity contribution in [2.24, 2.45) is 0 Å². The zero-order chi connectivity index (χ0) is 11.4. The molecule has 1 heterocycles. The minimum atomic E-state index is 0.112. The molecular formula is C13H18ClNO. The van der Waals surface area contributed by atoms with Crippen molar-refractivity contribution in [3.05, 3.63) is 34.9 Å². The third kappa shape index (κ3) is 3.21. The van der Waals surface area contributed by atoms with Crippen LogP contribution < -0.4 is 5.32 Å². The summed E-state index contributed by atoms with van der Waals surface area (Å²) in [6.07, 6.45) is 2.11. The van der Waals surface area contributed by atoms with Crippen LogP contribution in [0.15, 0.2) is 24.3 Å². The van der Waals surface area contributed by atoms with Crippen molar-refractivity contribution >= 4 is 11.6 Å². The SMILES string of the molecule is CC1(CCc2cccc(Cl)c2)COCCN1. The Morgan fingerprint density at radius 2 is 2.38 bits per heavy atom. The molecule has 0 aromatic heterocycles. The molecule has 1 aromatic rings. The van der Waals surface area contributed by atoms with Crippen LogP contribution in [0.25, 0.3) is 0 Å². The third-order valence-corrected chi connectivity index (χ3v) is 3.31. The molecule has 1 fully saturated rings. The van der Waals surface area contributed by atoms with E-state index in [1.54, 1.807) is 0 Å². The number of hydrogen-bond acceptors (Lipinski definition) is 2. The first-order chi connectivity index (χ1) is 7.68. The molecule has 88 valence electrons. The first kappa shape index (κ1) is 11.9. The summed E-state index contributed by atoms with van der Waals surface area (Å²) in [7, 11) is 0. The highest BCUT2D eigenvalue weighted by molar-refractivity contribution is 6.30. The van der Waals surface area contributed by atoms with E-state index in [0.29, 0.717) is 0 Å². The summed E-state index contributed by atoms with van der Waals surface area (Å²) in [5, 5.41) is 4.34. The van der Waals surface area contributed by atoms with Crippen LogP contribution in [0.1, 0.15) is 18.9 Å². The first-order valence-electron chi connectivity index (χ1n) is 5.75. The van der Waals surface area contributed by atoms with Crippen LogP contribution in [0, 0.1) is 0 Å². The molecule has 0 bridgehead atoms. The molecule has 3 heteroatoms. The van der Waals surface area contributed by atoms with Crippen molar-refractivity contribution in [3.8, 4) is 0 Å². The lowest BCUT2D eigenvalue weighted by Crippen LogP contribution is -2.52. The molecule has 2 rings (SSSR count). The zero-order valence-electron chi connectivity index (χ0n) is 9.63. The van der Waals surface area contributed by atoms with Crippen molar-refractivity contribution in [3.63, 3.8) is 0 Å². The maximum Gasteiger partial charge on any atom is 0.0646 e. The summed E-state index contributed by atoms with van der Waals surface area (Å²) >= 11 is 5.96. The van der Waals surface area contributed by atoms with Crippen molar-refractivity contribution in [1.29, 1.82) is 0 Å². The maximum atomic E-state index is 5.96. The van der Waals surface area contributed by atoms with E-state index in [1.807, 2.05) is 18.2 Å². The Balaban J connectivity index is 1.91. The van der Waals surface area contributed by atoms with Gasteiger partial charge in [-0.25, -0.2) is 0 Å². The lowest BCUT2D eigenvalue weighted by Gasteiger charge is -2.34. The van der Waals surface area contributed by atoms with Gasteiger partial charge in [-0.15, -0.1) is 0 Å². The number of aryl methyl sites for hydroxylation is 1. The average molecular weight is 240 g/mol. The van der Waals surface area contributed by atoms with E-state index < -0.39 is 0 Å². The summed E-state index contributed by atoms with van der Waals surface area (Å²) in [6, 6.07) is 8.08. The molecule has 1 atom stereocenters. The molecule has 2 nitrogen and oxygen atoms in total. The minimum Gasteiger partial charge on any atom is -0.378 e. The van der Waals surface area contributed by atoms with Crippen LogP contribution in [0.2, 0.25) is 5.02 Å². The fourth-order valence-electron chi connectivity index (χ4n) is 2.05. The van der Waals surface area contributed by atoms with Gasteiger partial charge in [-0.2, -0.15) is 0 Å². The second-order valence-electron chi connectivity index (χ2n) is 4.67. The summed E-state index contributed by atoms with van der Waals surface area (Å²) in [4.78, 5) is 0. The van der Waals surface area contributed by atoms with E-state index in [1.165, 1.54) is 5.56 Å². The Labute approximate surface area is 102 Å². The van der Waals surface area contributed by atoms with Crippen molar-refractivity contribution in [1.82, 2.24) is 5.32 Å². The minimum absolute atomic E-state index is 0.112.